The molecule has 1 aromatic heterocycles. The van der Waals surface area contributed by atoms with E-state index in [-0.39, 0.29) is 12.5 Å². The zero-order valence-electron chi connectivity index (χ0n) is 15.5. The van der Waals surface area contributed by atoms with Gasteiger partial charge in [0.1, 0.15) is 18.1 Å². The predicted molar refractivity (Wildman–Crippen MR) is 96.6 cm³/mol. The van der Waals surface area contributed by atoms with Crippen LogP contribution in [0.2, 0.25) is 0 Å². The van der Waals surface area contributed by atoms with E-state index in [0.717, 1.165) is 11.3 Å². The van der Waals surface area contributed by atoms with Crippen LogP contribution < -0.4 is 10.1 Å². The summed E-state index contributed by atoms with van der Waals surface area (Å²) in [7, 11) is 3.14. The molecule has 26 heavy (non-hydrogen) atoms. The summed E-state index contributed by atoms with van der Waals surface area (Å²) in [4.78, 5) is 27.6. The second kappa shape index (κ2) is 9.05. The smallest absolute Gasteiger partial charge is 0.340 e. The van der Waals surface area contributed by atoms with Gasteiger partial charge in [0, 0.05) is 19.3 Å². The number of aryl methyl sites for hydroxylation is 1. The van der Waals surface area contributed by atoms with Crippen LogP contribution in [0.5, 0.6) is 5.75 Å². The SMILES string of the molecule is COCCOC(=O)c1c(C)[nH]c(C(=O)NCc2ccc(OC)cc2)c1C. The summed E-state index contributed by atoms with van der Waals surface area (Å²) in [6, 6.07) is 7.42. The van der Waals surface area contributed by atoms with E-state index >= 15 is 0 Å². The first-order valence-electron chi connectivity index (χ1n) is 8.24. The molecular formula is C19H24N2O5. The van der Waals surface area contributed by atoms with Crippen LogP contribution in [0.1, 0.15) is 37.7 Å². The number of hydrogen-bond donors (Lipinski definition) is 2. The molecule has 0 bridgehead atoms. The molecule has 2 N–H and O–H groups in total. The van der Waals surface area contributed by atoms with Gasteiger partial charge < -0.3 is 24.5 Å². The van der Waals surface area contributed by atoms with Crippen LogP contribution in [0, 0.1) is 13.8 Å². The van der Waals surface area contributed by atoms with E-state index < -0.39 is 5.97 Å². The minimum Gasteiger partial charge on any atom is -0.497 e. The minimum atomic E-state index is -0.470. The maximum Gasteiger partial charge on any atom is 0.340 e. The molecule has 0 atom stereocenters. The molecule has 1 amide bonds. The summed E-state index contributed by atoms with van der Waals surface area (Å²) < 4.78 is 15.1. The third-order valence-electron chi connectivity index (χ3n) is 4.00. The molecule has 0 aliphatic rings. The number of hydrogen-bond acceptors (Lipinski definition) is 5. The average molecular weight is 360 g/mol. The predicted octanol–water partition coefficient (Wildman–Crippen LogP) is 2.37. The number of aromatic amines is 1. The molecule has 0 radical (unpaired) electrons. The van der Waals surface area contributed by atoms with E-state index in [9.17, 15) is 9.59 Å². The van der Waals surface area contributed by atoms with Crippen LogP contribution in [0.15, 0.2) is 24.3 Å². The highest BCUT2D eigenvalue weighted by molar-refractivity contribution is 6.00. The maximum atomic E-state index is 12.5. The zero-order valence-corrected chi connectivity index (χ0v) is 15.5. The minimum absolute atomic E-state index is 0.165. The van der Waals surface area contributed by atoms with Gasteiger partial charge in [-0.05, 0) is 37.1 Å². The Morgan fingerprint density at radius 1 is 1.08 bits per heavy atom. The largest absolute Gasteiger partial charge is 0.497 e. The molecule has 1 heterocycles. The Morgan fingerprint density at radius 3 is 2.38 bits per heavy atom. The number of aromatic nitrogens is 1. The molecule has 140 valence electrons. The van der Waals surface area contributed by atoms with Crippen molar-refractivity contribution < 1.29 is 23.8 Å². The van der Waals surface area contributed by atoms with Gasteiger partial charge in [-0.15, -0.1) is 0 Å². The van der Waals surface area contributed by atoms with Gasteiger partial charge in [-0.2, -0.15) is 0 Å². The number of H-pyrrole nitrogens is 1. The lowest BCUT2D eigenvalue weighted by atomic mass is 10.1. The number of methoxy groups -OCH3 is 2. The number of esters is 1. The van der Waals surface area contributed by atoms with Crippen molar-refractivity contribution in [2.24, 2.45) is 0 Å². The number of benzene rings is 1. The highest BCUT2D eigenvalue weighted by Crippen LogP contribution is 2.19. The molecule has 0 unspecified atom stereocenters. The van der Waals surface area contributed by atoms with Crippen molar-refractivity contribution in [1.29, 1.82) is 0 Å². The van der Waals surface area contributed by atoms with E-state index in [1.165, 1.54) is 7.11 Å². The van der Waals surface area contributed by atoms with Gasteiger partial charge in [0.15, 0.2) is 0 Å². The fourth-order valence-electron chi connectivity index (χ4n) is 2.59. The lowest BCUT2D eigenvalue weighted by molar-refractivity contribution is 0.0387. The van der Waals surface area contributed by atoms with Gasteiger partial charge in [0.2, 0.25) is 0 Å². The van der Waals surface area contributed by atoms with Crippen molar-refractivity contribution in [2.45, 2.75) is 20.4 Å². The standard InChI is InChI=1S/C19H24N2O5/c1-12-16(19(23)26-10-9-24-3)13(2)21-17(12)18(22)20-11-14-5-7-15(25-4)8-6-14/h5-8,21H,9-11H2,1-4H3,(H,20,22). The van der Waals surface area contributed by atoms with E-state index in [1.807, 2.05) is 24.3 Å². The third kappa shape index (κ3) is 4.64. The van der Waals surface area contributed by atoms with Gasteiger partial charge in [0.05, 0.1) is 19.3 Å². The second-order valence-corrected chi connectivity index (χ2v) is 5.78. The Kier molecular flexibility index (Phi) is 6.80. The molecule has 0 aliphatic heterocycles. The molecule has 0 spiro atoms. The highest BCUT2D eigenvalue weighted by Gasteiger charge is 2.22. The van der Waals surface area contributed by atoms with Gasteiger partial charge in [0.25, 0.3) is 5.91 Å². The lowest BCUT2D eigenvalue weighted by Crippen LogP contribution is -2.24. The number of rotatable bonds is 8. The number of carbonyl (C=O) groups excluding carboxylic acids is 2. The zero-order chi connectivity index (χ0) is 19.1. The Morgan fingerprint density at radius 2 is 1.77 bits per heavy atom. The summed E-state index contributed by atoms with van der Waals surface area (Å²) in [6.07, 6.45) is 0. The van der Waals surface area contributed by atoms with Gasteiger partial charge in [-0.25, -0.2) is 4.79 Å². The van der Waals surface area contributed by atoms with E-state index in [2.05, 4.69) is 10.3 Å². The van der Waals surface area contributed by atoms with Gasteiger partial charge in [-0.3, -0.25) is 4.79 Å². The van der Waals surface area contributed by atoms with Crippen LogP contribution in [0.3, 0.4) is 0 Å². The first kappa shape index (κ1) is 19.5. The van der Waals surface area contributed by atoms with Crippen molar-refractivity contribution in [3.63, 3.8) is 0 Å². The number of carbonyl (C=O) groups is 2. The summed E-state index contributed by atoms with van der Waals surface area (Å²) >= 11 is 0. The van der Waals surface area contributed by atoms with E-state index in [4.69, 9.17) is 14.2 Å². The summed E-state index contributed by atoms with van der Waals surface area (Å²) in [6.45, 7) is 4.31. The Bertz CT molecular complexity index is 765. The van der Waals surface area contributed by atoms with Crippen LogP contribution in [-0.4, -0.2) is 44.3 Å². The molecule has 1 aromatic carbocycles. The summed E-state index contributed by atoms with van der Waals surface area (Å²) in [5.41, 5.74) is 2.85. The Labute approximate surface area is 152 Å². The monoisotopic (exact) mass is 360 g/mol. The van der Waals surface area contributed by atoms with Crippen molar-refractivity contribution in [1.82, 2.24) is 10.3 Å². The molecule has 7 nitrogen and oxygen atoms in total. The molecule has 0 aliphatic carbocycles. The molecule has 7 heteroatoms. The maximum absolute atomic E-state index is 12.5. The van der Waals surface area contributed by atoms with Gasteiger partial charge in [-0.1, -0.05) is 12.1 Å². The number of ether oxygens (including phenoxy) is 3. The topological polar surface area (TPSA) is 89.7 Å². The third-order valence-corrected chi connectivity index (χ3v) is 4.00. The van der Waals surface area contributed by atoms with Crippen LogP contribution in [-0.2, 0) is 16.0 Å². The normalized spacial score (nSPS) is 10.5. The van der Waals surface area contributed by atoms with Gasteiger partial charge >= 0.3 is 5.97 Å². The van der Waals surface area contributed by atoms with Crippen molar-refractivity contribution in [3.8, 4) is 5.75 Å². The van der Waals surface area contributed by atoms with E-state index in [1.54, 1.807) is 21.0 Å². The average Bonchev–Trinajstić information content (AvgIpc) is 2.94. The van der Waals surface area contributed by atoms with E-state index in [0.29, 0.717) is 35.7 Å². The Balaban J connectivity index is 2.04. The molecular weight excluding hydrogens is 336 g/mol. The molecule has 0 fully saturated rings. The molecule has 0 saturated heterocycles. The van der Waals surface area contributed by atoms with Crippen molar-refractivity contribution in [3.05, 3.63) is 52.3 Å². The second-order valence-electron chi connectivity index (χ2n) is 5.78. The molecule has 2 aromatic rings. The highest BCUT2D eigenvalue weighted by atomic mass is 16.6. The fourth-order valence-corrected chi connectivity index (χ4v) is 2.59. The van der Waals surface area contributed by atoms with Crippen LogP contribution in [0.25, 0.3) is 0 Å². The molecule has 0 saturated carbocycles. The van der Waals surface area contributed by atoms with Crippen LogP contribution >= 0.6 is 0 Å². The number of amides is 1. The fraction of sp³-hybridized carbons (Fsp3) is 0.368. The first-order valence-corrected chi connectivity index (χ1v) is 8.24. The van der Waals surface area contributed by atoms with Crippen LogP contribution in [0.4, 0.5) is 0 Å². The Hall–Kier alpha value is -2.80. The summed E-state index contributed by atoms with van der Waals surface area (Å²) in [5, 5.41) is 2.84. The quantitative estimate of drug-likeness (QED) is 0.557. The number of nitrogens with one attached hydrogen (secondary N) is 2. The van der Waals surface area contributed by atoms with Crippen molar-refractivity contribution in [2.75, 3.05) is 27.4 Å². The van der Waals surface area contributed by atoms with Crippen molar-refractivity contribution >= 4 is 11.9 Å². The first-order chi connectivity index (χ1) is 12.5. The lowest BCUT2D eigenvalue weighted by Gasteiger charge is -2.07. The molecule has 2 rings (SSSR count). The summed E-state index contributed by atoms with van der Waals surface area (Å²) in [5.74, 6) is 0.00686.